The number of benzene rings is 1. The molecule has 2 aliphatic rings. The molecule has 1 saturated heterocycles. The Bertz CT molecular complexity index is 878. The van der Waals surface area contributed by atoms with E-state index in [1.807, 2.05) is 18.2 Å². The van der Waals surface area contributed by atoms with Crippen molar-refractivity contribution in [2.24, 2.45) is 0 Å². The summed E-state index contributed by atoms with van der Waals surface area (Å²) in [6, 6.07) is 9.57. The van der Waals surface area contributed by atoms with Gasteiger partial charge in [0.25, 0.3) is 0 Å². The van der Waals surface area contributed by atoms with Crippen LogP contribution in [0.4, 0.5) is 5.69 Å². The molecule has 0 bridgehead atoms. The maximum absolute atomic E-state index is 9.28. The number of nitriles is 1. The quantitative estimate of drug-likeness (QED) is 0.714. The van der Waals surface area contributed by atoms with E-state index in [2.05, 4.69) is 20.9 Å². The van der Waals surface area contributed by atoms with Gasteiger partial charge in [-0.2, -0.15) is 5.26 Å². The summed E-state index contributed by atoms with van der Waals surface area (Å²) < 4.78 is 17.3. The van der Waals surface area contributed by atoms with Gasteiger partial charge in [-0.1, -0.05) is 11.6 Å². The van der Waals surface area contributed by atoms with Crippen LogP contribution >= 0.6 is 11.6 Å². The highest BCUT2D eigenvalue weighted by Gasteiger charge is 2.25. The van der Waals surface area contributed by atoms with Crippen LogP contribution < -0.4 is 19.1 Å². The molecule has 28 heavy (non-hydrogen) atoms. The van der Waals surface area contributed by atoms with Gasteiger partial charge in [-0.3, -0.25) is 4.90 Å². The fraction of sp³-hybridized carbons (Fsp3) is 0.400. The standard InChI is InChI=1S/C20H21ClN4O3/c21-20-17(2-1-5-23-20)26-11-10-24-6-8-25(9-7-24)16-4-3-15(14-22)18-19(16)28-13-12-27-18/h1-5H,6-13H2. The predicted octanol–water partition coefficient (Wildman–Crippen LogP) is 2.58. The van der Waals surface area contributed by atoms with Crippen molar-refractivity contribution in [2.45, 2.75) is 0 Å². The van der Waals surface area contributed by atoms with Crippen molar-refractivity contribution in [3.63, 3.8) is 0 Å². The fourth-order valence-corrected chi connectivity index (χ4v) is 3.61. The van der Waals surface area contributed by atoms with E-state index in [4.69, 9.17) is 25.8 Å². The molecule has 0 saturated carbocycles. The molecule has 0 amide bonds. The van der Waals surface area contributed by atoms with E-state index >= 15 is 0 Å². The molecule has 2 aromatic rings. The molecule has 8 heteroatoms. The van der Waals surface area contributed by atoms with E-state index in [-0.39, 0.29) is 0 Å². The third-order valence-electron chi connectivity index (χ3n) is 4.89. The Kier molecular flexibility index (Phi) is 5.70. The van der Waals surface area contributed by atoms with E-state index in [0.717, 1.165) is 38.4 Å². The molecular weight excluding hydrogens is 380 g/mol. The summed E-state index contributed by atoms with van der Waals surface area (Å²) in [5.74, 6) is 1.87. The van der Waals surface area contributed by atoms with Crippen molar-refractivity contribution in [3.8, 4) is 23.3 Å². The summed E-state index contributed by atoms with van der Waals surface area (Å²) in [6.07, 6.45) is 1.64. The lowest BCUT2D eigenvalue weighted by atomic mass is 10.1. The number of rotatable bonds is 5. The molecule has 0 N–H and O–H groups in total. The van der Waals surface area contributed by atoms with Gasteiger partial charge in [0.05, 0.1) is 11.3 Å². The molecule has 4 rings (SSSR count). The van der Waals surface area contributed by atoms with Crippen LogP contribution in [0.2, 0.25) is 5.15 Å². The lowest BCUT2D eigenvalue weighted by molar-refractivity contribution is 0.170. The summed E-state index contributed by atoms with van der Waals surface area (Å²) >= 11 is 6.01. The van der Waals surface area contributed by atoms with Gasteiger partial charge in [-0.15, -0.1) is 0 Å². The highest BCUT2D eigenvalue weighted by atomic mass is 35.5. The normalized spacial score (nSPS) is 16.5. The van der Waals surface area contributed by atoms with Crippen molar-refractivity contribution >= 4 is 17.3 Å². The first-order valence-corrected chi connectivity index (χ1v) is 9.67. The summed E-state index contributed by atoms with van der Waals surface area (Å²) in [4.78, 5) is 8.65. The predicted molar refractivity (Wildman–Crippen MR) is 106 cm³/mol. The van der Waals surface area contributed by atoms with Crippen molar-refractivity contribution < 1.29 is 14.2 Å². The zero-order chi connectivity index (χ0) is 19.3. The molecule has 1 fully saturated rings. The topological polar surface area (TPSA) is 70.9 Å². The number of halogens is 1. The lowest BCUT2D eigenvalue weighted by Crippen LogP contribution is -2.47. The van der Waals surface area contributed by atoms with E-state index < -0.39 is 0 Å². The van der Waals surface area contributed by atoms with Crippen LogP contribution in [-0.2, 0) is 0 Å². The first kappa shape index (κ1) is 18.7. The molecular formula is C20H21ClN4O3. The maximum Gasteiger partial charge on any atom is 0.186 e. The number of aromatic nitrogens is 1. The van der Waals surface area contributed by atoms with Crippen LogP contribution in [0, 0.1) is 11.3 Å². The summed E-state index contributed by atoms with van der Waals surface area (Å²) in [7, 11) is 0. The van der Waals surface area contributed by atoms with Crippen LogP contribution in [0.25, 0.3) is 0 Å². The van der Waals surface area contributed by atoms with Gasteiger partial charge >= 0.3 is 0 Å². The Morgan fingerprint density at radius 1 is 1.11 bits per heavy atom. The number of anilines is 1. The second kappa shape index (κ2) is 8.55. The zero-order valence-electron chi connectivity index (χ0n) is 15.4. The van der Waals surface area contributed by atoms with Crippen molar-refractivity contribution in [2.75, 3.05) is 57.4 Å². The molecule has 146 valence electrons. The Morgan fingerprint density at radius 3 is 2.64 bits per heavy atom. The van der Waals surface area contributed by atoms with Gasteiger partial charge in [-0.05, 0) is 24.3 Å². The SMILES string of the molecule is N#Cc1ccc(N2CCN(CCOc3cccnc3Cl)CC2)c2c1OCCO2. The second-order valence-electron chi connectivity index (χ2n) is 6.57. The van der Waals surface area contributed by atoms with E-state index in [1.165, 1.54) is 0 Å². The van der Waals surface area contributed by atoms with Crippen molar-refractivity contribution in [3.05, 3.63) is 41.2 Å². The molecule has 7 nitrogen and oxygen atoms in total. The van der Waals surface area contributed by atoms with Crippen LogP contribution in [0.3, 0.4) is 0 Å². The first-order chi connectivity index (χ1) is 13.8. The lowest BCUT2D eigenvalue weighted by Gasteiger charge is -2.37. The zero-order valence-corrected chi connectivity index (χ0v) is 16.2. The van der Waals surface area contributed by atoms with Gasteiger partial charge in [-0.25, -0.2) is 4.98 Å². The minimum atomic E-state index is 0.389. The molecule has 0 aliphatic carbocycles. The van der Waals surface area contributed by atoms with Crippen LogP contribution in [-0.4, -0.2) is 62.4 Å². The van der Waals surface area contributed by atoms with Crippen molar-refractivity contribution in [1.29, 1.82) is 5.26 Å². The largest absolute Gasteiger partial charge is 0.489 e. The molecule has 2 aliphatic heterocycles. The molecule has 0 radical (unpaired) electrons. The van der Waals surface area contributed by atoms with E-state index in [9.17, 15) is 5.26 Å². The second-order valence-corrected chi connectivity index (χ2v) is 6.93. The highest BCUT2D eigenvalue weighted by Crippen LogP contribution is 2.42. The minimum Gasteiger partial charge on any atom is -0.489 e. The van der Waals surface area contributed by atoms with E-state index in [1.54, 1.807) is 12.3 Å². The summed E-state index contributed by atoms with van der Waals surface area (Å²) in [6.45, 7) is 5.94. The van der Waals surface area contributed by atoms with Gasteiger partial charge < -0.3 is 19.1 Å². The van der Waals surface area contributed by atoms with Gasteiger partial charge in [0.15, 0.2) is 22.4 Å². The summed E-state index contributed by atoms with van der Waals surface area (Å²) in [5, 5.41) is 9.67. The highest BCUT2D eigenvalue weighted by molar-refractivity contribution is 6.30. The first-order valence-electron chi connectivity index (χ1n) is 9.29. The molecule has 0 unspecified atom stereocenters. The van der Waals surface area contributed by atoms with Crippen molar-refractivity contribution in [1.82, 2.24) is 9.88 Å². The smallest absolute Gasteiger partial charge is 0.186 e. The van der Waals surface area contributed by atoms with Crippen LogP contribution in [0.5, 0.6) is 17.2 Å². The average Bonchev–Trinajstić information content (AvgIpc) is 2.75. The minimum absolute atomic E-state index is 0.389. The monoisotopic (exact) mass is 400 g/mol. The molecule has 0 spiro atoms. The van der Waals surface area contributed by atoms with Gasteiger partial charge in [0, 0.05) is 38.9 Å². The van der Waals surface area contributed by atoms with Crippen LogP contribution in [0.15, 0.2) is 30.5 Å². The molecule has 1 aromatic heterocycles. The number of fused-ring (bicyclic) bond motifs is 1. The average molecular weight is 401 g/mol. The Labute approximate surface area is 169 Å². The summed E-state index contributed by atoms with van der Waals surface area (Å²) in [5.41, 5.74) is 1.51. The Hall–Kier alpha value is -2.69. The van der Waals surface area contributed by atoms with Gasteiger partial charge in [0.2, 0.25) is 0 Å². The maximum atomic E-state index is 9.28. The van der Waals surface area contributed by atoms with E-state index in [0.29, 0.717) is 47.8 Å². The Balaban J connectivity index is 1.33. The fourth-order valence-electron chi connectivity index (χ4n) is 3.44. The molecule has 0 atom stereocenters. The third kappa shape index (κ3) is 3.93. The number of hydrogen-bond acceptors (Lipinski definition) is 7. The molecule has 1 aromatic carbocycles. The number of pyridine rings is 1. The van der Waals surface area contributed by atoms with Crippen LogP contribution in [0.1, 0.15) is 5.56 Å². The number of piperazine rings is 1. The number of nitrogens with zero attached hydrogens (tertiary/aromatic N) is 4. The number of hydrogen-bond donors (Lipinski definition) is 0. The van der Waals surface area contributed by atoms with Gasteiger partial charge in [0.1, 0.15) is 25.9 Å². The molecule has 3 heterocycles. The Morgan fingerprint density at radius 2 is 1.89 bits per heavy atom. The number of ether oxygens (including phenoxy) is 3. The third-order valence-corrected chi connectivity index (χ3v) is 5.17.